The normalized spacial score (nSPS) is 10.9. The van der Waals surface area contributed by atoms with Gasteiger partial charge in [0.25, 0.3) is 0 Å². The second kappa shape index (κ2) is 14.2. The van der Waals surface area contributed by atoms with Crippen molar-refractivity contribution in [3.63, 3.8) is 0 Å². The molecule has 0 atom stereocenters. The molecule has 0 aromatic heterocycles. The third-order valence-electron chi connectivity index (χ3n) is 5.39. The van der Waals surface area contributed by atoms with Crippen LogP contribution >= 0.6 is 0 Å². The molecule has 198 valence electrons. The molecular formula is C28H30F2O7. The molecule has 3 aromatic carbocycles. The van der Waals surface area contributed by atoms with Gasteiger partial charge in [0.2, 0.25) is 17.3 Å². The topological polar surface area (TPSA) is 72.5 Å². The van der Waals surface area contributed by atoms with E-state index in [0.717, 1.165) is 11.1 Å². The number of methoxy groups -OCH3 is 3. The zero-order chi connectivity index (χ0) is 26.6. The average molecular weight is 517 g/mol. The zero-order valence-electron chi connectivity index (χ0n) is 21.0. The van der Waals surface area contributed by atoms with Gasteiger partial charge in [0.1, 0.15) is 13.2 Å². The molecule has 0 amide bonds. The molecule has 0 N–H and O–H groups in total. The molecule has 0 saturated heterocycles. The Morgan fingerprint density at radius 1 is 0.703 bits per heavy atom. The number of ether oxygens (including phenoxy) is 6. The van der Waals surface area contributed by atoms with E-state index in [-0.39, 0.29) is 43.5 Å². The first-order valence-corrected chi connectivity index (χ1v) is 11.6. The van der Waals surface area contributed by atoms with Crippen molar-refractivity contribution in [2.24, 2.45) is 0 Å². The van der Waals surface area contributed by atoms with E-state index in [1.807, 2.05) is 60.7 Å². The third kappa shape index (κ3) is 7.18. The fourth-order valence-electron chi connectivity index (χ4n) is 3.66. The number of benzene rings is 3. The zero-order valence-corrected chi connectivity index (χ0v) is 21.0. The Morgan fingerprint density at radius 3 is 1.70 bits per heavy atom. The molecule has 0 fully saturated rings. The van der Waals surface area contributed by atoms with Crippen LogP contribution in [0.1, 0.15) is 22.8 Å². The van der Waals surface area contributed by atoms with Gasteiger partial charge in [-0.05, 0) is 11.1 Å². The summed E-state index contributed by atoms with van der Waals surface area (Å²) in [6.07, 6.45) is -1.36. The molecule has 0 aliphatic heterocycles. The van der Waals surface area contributed by atoms with Gasteiger partial charge in [-0.15, -0.1) is 0 Å². The number of carbonyl (C=O) groups is 1. The molecule has 0 radical (unpaired) electrons. The summed E-state index contributed by atoms with van der Waals surface area (Å²) in [5.74, 6) is -4.22. The van der Waals surface area contributed by atoms with Gasteiger partial charge in [0.15, 0.2) is 17.7 Å². The van der Waals surface area contributed by atoms with Crippen molar-refractivity contribution in [2.75, 3.05) is 47.8 Å². The molecule has 0 heterocycles. The van der Waals surface area contributed by atoms with Gasteiger partial charge in [-0.2, -0.15) is 4.39 Å². The van der Waals surface area contributed by atoms with Gasteiger partial charge >= 0.3 is 5.97 Å². The highest BCUT2D eigenvalue weighted by molar-refractivity contribution is 5.76. The van der Waals surface area contributed by atoms with Gasteiger partial charge in [0, 0.05) is 19.8 Å². The lowest BCUT2D eigenvalue weighted by molar-refractivity contribution is -0.146. The van der Waals surface area contributed by atoms with Crippen molar-refractivity contribution in [2.45, 2.75) is 12.5 Å². The van der Waals surface area contributed by atoms with Gasteiger partial charge in [0.05, 0.1) is 26.7 Å². The molecular weight excluding hydrogens is 486 g/mol. The summed E-state index contributed by atoms with van der Waals surface area (Å²) in [7, 11) is 4.18. The van der Waals surface area contributed by atoms with E-state index in [2.05, 4.69) is 0 Å². The van der Waals surface area contributed by atoms with Crippen LogP contribution in [0.4, 0.5) is 8.78 Å². The first kappa shape index (κ1) is 27.9. The maximum atomic E-state index is 15.3. The highest BCUT2D eigenvalue weighted by Gasteiger charge is 2.30. The van der Waals surface area contributed by atoms with Crippen LogP contribution in [0.25, 0.3) is 0 Å². The Morgan fingerprint density at radius 2 is 1.22 bits per heavy atom. The first-order chi connectivity index (χ1) is 18.0. The number of esters is 1. The summed E-state index contributed by atoms with van der Waals surface area (Å²) < 4.78 is 62.5. The predicted molar refractivity (Wildman–Crippen MR) is 132 cm³/mol. The summed E-state index contributed by atoms with van der Waals surface area (Å²) in [5, 5.41) is 0. The average Bonchev–Trinajstić information content (AvgIpc) is 2.93. The third-order valence-corrected chi connectivity index (χ3v) is 5.39. The van der Waals surface area contributed by atoms with Gasteiger partial charge in [-0.3, -0.25) is 4.79 Å². The Hall–Kier alpha value is -3.69. The molecule has 0 saturated carbocycles. The molecule has 9 heteroatoms. The predicted octanol–water partition coefficient (Wildman–Crippen LogP) is 4.90. The van der Waals surface area contributed by atoms with Crippen LogP contribution < -0.4 is 14.2 Å². The minimum Gasteiger partial charge on any atom is -0.492 e. The summed E-state index contributed by atoms with van der Waals surface area (Å²) in [6, 6.07) is 18.3. The number of hydrogen-bond donors (Lipinski definition) is 0. The monoisotopic (exact) mass is 516 g/mol. The van der Waals surface area contributed by atoms with Crippen molar-refractivity contribution in [1.82, 2.24) is 0 Å². The second-order valence-corrected chi connectivity index (χ2v) is 7.85. The van der Waals surface area contributed by atoms with Crippen LogP contribution in [0, 0.1) is 11.6 Å². The van der Waals surface area contributed by atoms with Crippen LogP contribution in [0.3, 0.4) is 0 Å². The second-order valence-electron chi connectivity index (χ2n) is 7.85. The Kier molecular flexibility index (Phi) is 10.7. The highest BCUT2D eigenvalue weighted by Crippen LogP contribution is 2.44. The fraction of sp³-hybridized carbons (Fsp3) is 0.321. The number of halogens is 2. The van der Waals surface area contributed by atoms with Crippen LogP contribution in [0.15, 0.2) is 60.7 Å². The van der Waals surface area contributed by atoms with Gasteiger partial charge in [-0.1, -0.05) is 60.7 Å². The van der Waals surface area contributed by atoms with Crippen LogP contribution in [0.2, 0.25) is 0 Å². The summed E-state index contributed by atoms with van der Waals surface area (Å²) in [4.78, 5) is 13.1. The van der Waals surface area contributed by atoms with Crippen LogP contribution in [-0.4, -0.2) is 53.7 Å². The smallest absolute Gasteiger partial charge is 0.311 e. The van der Waals surface area contributed by atoms with Gasteiger partial charge in [-0.25, -0.2) is 4.39 Å². The molecule has 37 heavy (non-hydrogen) atoms. The lowest BCUT2D eigenvalue weighted by Crippen LogP contribution is -2.18. The van der Waals surface area contributed by atoms with Crippen molar-refractivity contribution < 1.29 is 42.0 Å². The quantitative estimate of drug-likeness (QED) is 0.223. The van der Waals surface area contributed by atoms with Gasteiger partial charge < -0.3 is 28.4 Å². The van der Waals surface area contributed by atoms with E-state index in [0.29, 0.717) is 0 Å². The lowest BCUT2D eigenvalue weighted by Gasteiger charge is -2.21. The van der Waals surface area contributed by atoms with Crippen molar-refractivity contribution >= 4 is 5.97 Å². The molecule has 0 aliphatic carbocycles. The fourth-order valence-corrected chi connectivity index (χ4v) is 3.66. The molecule has 0 aliphatic rings. The molecule has 3 aromatic rings. The molecule has 0 spiro atoms. The Balaban J connectivity index is 1.95. The maximum absolute atomic E-state index is 15.3. The molecule has 7 nitrogen and oxygen atoms in total. The van der Waals surface area contributed by atoms with E-state index in [4.69, 9.17) is 28.4 Å². The van der Waals surface area contributed by atoms with Crippen LogP contribution in [-0.2, 0) is 25.4 Å². The van der Waals surface area contributed by atoms with E-state index >= 15 is 8.78 Å². The SMILES string of the molecule is COCCOc1c(F)c(F)c(CC(=O)OC(c2ccccc2)c2ccccc2)c(OC)c1OCCOC. The molecule has 3 rings (SSSR count). The molecule has 0 bridgehead atoms. The minimum absolute atomic E-state index is 0.00649. The standard InChI is InChI=1S/C28H30F2O7/c1-32-14-16-35-27-24(30)23(29)21(26(34-3)28(27)36-17-15-33-2)18-22(31)37-25(19-10-6-4-7-11-19)20-12-8-5-9-13-20/h4-13,25H,14-18H2,1-3H3. The van der Waals surface area contributed by atoms with Crippen molar-refractivity contribution in [3.05, 3.63) is 89.0 Å². The molecule has 0 unspecified atom stereocenters. The summed E-state index contributed by atoms with van der Waals surface area (Å²) >= 11 is 0. The number of carbonyl (C=O) groups excluding carboxylic acids is 1. The number of hydrogen-bond acceptors (Lipinski definition) is 7. The Labute approximate surface area is 214 Å². The summed E-state index contributed by atoms with van der Waals surface area (Å²) in [5.41, 5.74) is 1.11. The first-order valence-electron chi connectivity index (χ1n) is 11.6. The van der Waals surface area contributed by atoms with E-state index in [1.165, 1.54) is 21.3 Å². The minimum atomic E-state index is -1.31. The highest BCUT2D eigenvalue weighted by atomic mass is 19.2. The van der Waals surface area contributed by atoms with E-state index in [9.17, 15) is 4.79 Å². The van der Waals surface area contributed by atoms with E-state index in [1.54, 1.807) is 0 Å². The van der Waals surface area contributed by atoms with Crippen LogP contribution in [0.5, 0.6) is 17.2 Å². The largest absolute Gasteiger partial charge is 0.492 e. The number of rotatable bonds is 14. The summed E-state index contributed by atoms with van der Waals surface area (Å²) in [6.45, 7) is 0.253. The van der Waals surface area contributed by atoms with E-state index < -0.39 is 35.9 Å². The lowest BCUT2D eigenvalue weighted by atomic mass is 10.0. The maximum Gasteiger partial charge on any atom is 0.311 e. The van der Waals surface area contributed by atoms with Crippen molar-refractivity contribution in [1.29, 1.82) is 0 Å². The van der Waals surface area contributed by atoms with Crippen molar-refractivity contribution in [3.8, 4) is 17.2 Å². The Bertz CT molecular complexity index is 1100.